The lowest BCUT2D eigenvalue weighted by atomic mass is 9.39. The Morgan fingerprint density at radius 3 is 2.53 bits per heavy atom. The third-order valence-electron chi connectivity index (χ3n) is 9.60. The van der Waals surface area contributed by atoms with Crippen molar-refractivity contribution < 1.29 is 26.7 Å². The molecule has 0 aromatic rings. The molecule has 0 aromatic carbocycles. The monoisotopic (exact) mass is 466 g/mol. The van der Waals surface area contributed by atoms with E-state index < -0.39 is 10.4 Å². The molecule has 0 unspecified atom stereocenters. The Hall–Kier alpha value is -1.34. The molecule has 180 valence electrons. The number of esters is 1. The second-order valence-corrected chi connectivity index (χ2v) is 12.8. The van der Waals surface area contributed by atoms with Crippen molar-refractivity contribution in [2.24, 2.45) is 34.0 Å². The third-order valence-corrected chi connectivity index (χ3v) is 9.94. The van der Waals surface area contributed by atoms with Gasteiger partial charge in [-0.15, -0.1) is 0 Å². The van der Waals surface area contributed by atoms with E-state index in [1.807, 2.05) is 0 Å². The van der Waals surface area contributed by atoms with Crippen LogP contribution in [0.4, 0.5) is 0 Å². The van der Waals surface area contributed by atoms with Crippen LogP contribution in [0.1, 0.15) is 85.5 Å². The fourth-order valence-corrected chi connectivity index (χ4v) is 8.58. The van der Waals surface area contributed by atoms with Crippen molar-refractivity contribution in [3.05, 3.63) is 23.5 Å². The first-order valence-corrected chi connectivity index (χ1v) is 13.4. The normalized spacial score (nSPS) is 40.3. The molecule has 7 heteroatoms. The molecule has 0 spiro atoms. The van der Waals surface area contributed by atoms with Gasteiger partial charge in [-0.3, -0.25) is 4.55 Å². The molecule has 1 heterocycles. The van der Waals surface area contributed by atoms with E-state index in [0.29, 0.717) is 23.9 Å². The molecule has 1 N–H and O–H groups in total. The summed E-state index contributed by atoms with van der Waals surface area (Å²) in [5.74, 6) is 1.11. The van der Waals surface area contributed by atoms with Crippen molar-refractivity contribution in [2.75, 3.05) is 6.61 Å². The molecule has 0 saturated heterocycles. The summed E-state index contributed by atoms with van der Waals surface area (Å²) >= 11 is 0. The van der Waals surface area contributed by atoms with E-state index in [0.717, 1.165) is 43.3 Å². The third kappa shape index (κ3) is 4.27. The molecule has 3 saturated carbocycles. The summed E-state index contributed by atoms with van der Waals surface area (Å²) in [6.07, 6.45) is 12.3. The zero-order valence-corrected chi connectivity index (χ0v) is 20.7. The Morgan fingerprint density at radius 2 is 1.88 bits per heavy atom. The van der Waals surface area contributed by atoms with Crippen molar-refractivity contribution in [3.8, 4) is 0 Å². The van der Waals surface area contributed by atoms with Gasteiger partial charge in [0, 0.05) is 6.08 Å². The number of carbonyl (C=O) groups is 1. The van der Waals surface area contributed by atoms with Gasteiger partial charge in [0.2, 0.25) is 0 Å². The number of ether oxygens (including phenoxy) is 1. The minimum absolute atomic E-state index is 0.0232. The van der Waals surface area contributed by atoms with E-state index >= 15 is 0 Å². The Bertz CT molecular complexity index is 932. The van der Waals surface area contributed by atoms with Crippen LogP contribution in [0.15, 0.2) is 23.5 Å². The summed E-state index contributed by atoms with van der Waals surface area (Å²) in [7, 11) is -4.53. The first-order valence-electron chi connectivity index (χ1n) is 12.1. The molecule has 0 aromatic heterocycles. The van der Waals surface area contributed by atoms with Crippen LogP contribution in [-0.2, 0) is 24.1 Å². The molecule has 4 rings (SSSR count). The van der Waals surface area contributed by atoms with Gasteiger partial charge >= 0.3 is 16.4 Å². The van der Waals surface area contributed by atoms with Gasteiger partial charge in [-0.2, -0.15) is 8.42 Å². The average molecular weight is 467 g/mol. The Labute approximate surface area is 192 Å². The van der Waals surface area contributed by atoms with Crippen molar-refractivity contribution in [1.29, 1.82) is 0 Å². The molecule has 6 nitrogen and oxygen atoms in total. The highest BCUT2D eigenvalue weighted by Gasteiger charge is 2.61. The maximum absolute atomic E-state index is 11.5. The van der Waals surface area contributed by atoms with Gasteiger partial charge in [0.15, 0.2) is 0 Å². The summed E-state index contributed by atoms with van der Waals surface area (Å²) in [4.78, 5) is 11.5. The lowest BCUT2D eigenvalue weighted by Gasteiger charge is -2.66. The van der Waals surface area contributed by atoms with Crippen LogP contribution in [-0.4, -0.2) is 25.5 Å². The zero-order chi connectivity index (χ0) is 23.4. The quantitative estimate of drug-likeness (QED) is 0.322. The number of rotatable bonds is 5. The van der Waals surface area contributed by atoms with Crippen molar-refractivity contribution in [1.82, 2.24) is 0 Å². The number of allylic oxidation sites excluding steroid dienone is 1. The summed E-state index contributed by atoms with van der Waals surface area (Å²) in [5, 5.41) is 0. The predicted octanol–water partition coefficient (Wildman–Crippen LogP) is 5.61. The lowest BCUT2D eigenvalue weighted by molar-refractivity contribution is -0.154. The Balaban J connectivity index is 1.66. The zero-order valence-electron chi connectivity index (χ0n) is 19.9. The van der Waals surface area contributed by atoms with E-state index in [1.165, 1.54) is 31.9 Å². The van der Waals surface area contributed by atoms with Crippen molar-refractivity contribution in [2.45, 2.75) is 85.5 Å². The molecular formula is C25H38O6S. The molecule has 5 atom stereocenters. The molecule has 3 aliphatic carbocycles. The van der Waals surface area contributed by atoms with Crippen LogP contribution in [0.2, 0.25) is 0 Å². The van der Waals surface area contributed by atoms with Crippen LogP contribution in [0.3, 0.4) is 0 Å². The summed E-state index contributed by atoms with van der Waals surface area (Å²) < 4.78 is 41.6. The highest BCUT2D eigenvalue weighted by molar-refractivity contribution is 7.81. The van der Waals surface area contributed by atoms with Gasteiger partial charge in [-0.25, -0.2) is 4.79 Å². The van der Waals surface area contributed by atoms with Crippen LogP contribution in [0.5, 0.6) is 0 Å². The number of fused-ring (bicyclic) bond motifs is 3. The van der Waals surface area contributed by atoms with Gasteiger partial charge in [0.1, 0.15) is 12.9 Å². The summed E-state index contributed by atoms with van der Waals surface area (Å²) in [5.41, 5.74) is 2.60. The Morgan fingerprint density at radius 1 is 1.12 bits per heavy atom. The Kier molecular flexibility index (Phi) is 6.07. The SMILES string of the molecule is CC1(C)CCC[C@]2(C)[C@H]3CC/C(=C\OS(=O)(=O)O)[C@H](CCC4=CC(=O)OC4)[C@@]3(C)CC[C@@H]12. The van der Waals surface area contributed by atoms with Gasteiger partial charge in [0.05, 0.1) is 0 Å². The molecule has 1 aliphatic heterocycles. The minimum Gasteiger partial charge on any atom is -0.458 e. The molecule has 0 radical (unpaired) electrons. The van der Waals surface area contributed by atoms with Gasteiger partial charge in [0.25, 0.3) is 0 Å². The number of hydrogen-bond donors (Lipinski definition) is 1. The maximum atomic E-state index is 11.5. The van der Waals surface area contributed by atoms with E-state index in [4.69, 9.17) is 13.5 Å². The van der Waals surface area contributed by atoms with Gasteiger partial charge in [-0.05, 0) is 96.5 Å². The van der Waals surface area contributed by atoms with Gasteiger partial charge < -0.3 is 8.92 Å². The summed E-state index contributed by atoms with van der Waals surface area (Å²) in [6, 6.07) is 0. The molecule has 0 amide bonds. The van der Waals surface area contributed by atoms with Crippen LogP contribution in [0, 0.1) is 34.0 Å². The van der Waals surface area contributed by atoms with Crippen molar-refractivity contribution >= 4 is 16.4 Å². The smallest absolute Gasteiger partial charge is 0.445 e. The highest BCUT2D eigenvalue weighted by Crippen LogP contribution is 2.69. The molecular weight excluding hydrogens is 428 g/mol. The van der Waals surface area contributed by atoms with Gasteiger partial charge in [-0.1, -0.05) is 34.1 Å². The second kappa shape index (κ2) is 8.15. The molecule has 4 aliphatic rings. The molecule has 32 heavy (non-hydrogen) atoms. The van der Waals surface area contributed by atoms with E-state index in [9.17, 15) is 13.2 Å². The number of cyclic esters (lactones) is 1. The first-order chi connectivity index (χ1) is 14.9. The fraction of sp³-hybridized carbons (Fsp3) is 0.800. The van der Waals surface area contributed by atoms with Crippen molar-refractivity contribution in [3.63, 3.8) is 0 Å². The topological polar surface area (TPSA) is 89.9 Å². The number of hydrogen-bond acceptors (Lipinski definition) is 5. The molecule has 0 bridgehead atoms. The lowest BCUT2D eigenvalue weighted by Crippen LogP contribution is -2.58. The van der Waals surface area contributed by atoms with E-state index in [-0.39, 0.29) is 22.7 Å². The van der Waals surface area contributed by atoms with E-state index in [2.05, 4.69) is 27.7 Å². The van der Waals surface area contributed by atoms with Crippen LogP contribution < -0.4 is 0 Å². The summed E-state index contributed by atoms with van der Waals surface area (Å²) in [6.45, 7) is 10.1. The first kappa shape index (κ1) is 23.8. The largest absolute Gasteiger partial charge is 0.458 e. The van der Waals surface area contributed by atoms with Crippen LogP contribution >= 0.6 is 0 Å². The maximum Gasteiger partial charge on any atom is 0.445 e. The molecule has 3 fully saturated rings. The predicted molar refractivity (Wildman–Crippen MR) is 122 cm³/mol. The standard InChI is InChI=1S/C25H38O6S/c1-23(2)11-5-12-25(4)20(23)10-13-24(3)19(8-6-17-14-22(26)30-15-17)18(7-9-21(24)25)16-31-32(27,28)29/h14,16,19-21H,5-13,15H2,1-4H3,(H,27,28,29)/b18-16+/t19-,20-,21-,24+,25-/m0/s1. The number of carbonyl (C=O) groups excluding carboxylic acids is 1. The van der Waals surface area contributed by atoms with Crippen LogP contribution in [0.25, 0.3) is 0 Å². The highest BCUT2D eigenvalue weighted by atomic mass is 32.3. The minimum atomic E-state index is -4.53. The average Bonchev–Trinajstić information content (AvgIpc) is 3.08. The fourth-order valence-electron chi connectivity index (χ4n) is 8.34. The second-order valence-electron chi connectivity index (χ2n) is 11.8. The van der Waals surface area contributed by atoms with E-state index in [1.54, 1.807) is 6.08 Å².